The van der Waals surface area contributed by atoms with E-state index in [-0.39, 0.29) is 5.91 Å². The minimum absolute atomic E-state index is 0.208. The van der Waals surface area contributed by atoms with Crippen LogP contribution in [0.2, 0.25) is 5.02 Å². The number of aromatic nitrogens is 2. The predicted octanol–water partition coefficient (Wildman–Crippen LogP) is 2.63. The van der Waals surface area contributed by atoms with Crippen molar-refractivity contribution < 1.29 is 4.79 Å². The number of aliphatic imine (C=N–C) groups is 1. The molecule has 0 bridgehead atoms. The normalized spacial score (nSPS) is 16.3. The second kappa shape index (κ2) is 6.04. The fraction of sp³-hybridized carbons (Fsp3) is 0.312. The minimum Gasteiger partial charge on any atom is -0.346 e. The van der Waals surface area contributed by atoms with Crippen LogP contribution in [0.3, 0.4) is 0 Å². The van der Waals surface area contributed by atoms with Gasteiger partial charge in [0, 0.05) is 36.9 Å². The number of nitrogens with zero attached hydrogens (tertiary/aromatic N) is 3. The van der Waals surface area contributed by atoms with Crippen LogP contribution in [-0.2, 0) is 4.79 Å². The van der Waals surface area contributed by atoms with Crippen LogP contribution >= 0.6 is 11.6 Å². The highest BCUT2D eigenvalue weighted by atomic mass is 35.5. The van der Waals surface area contributed by atoms with Gasteiger partial charge in [0.2, 0.25) is 5.96 Å². The Balaban J connectivity index is 1.93. The average Bonchev–Trinajstić information content (AvgIpc) is 3.03. The summed E-state index contributed by atoms with van der Waals surface area (Å²) in [5.41, 5.74) is 1.92. The molecule has 120 valence electrons. The number of guanidine groups is 1. The maximum Gasteiger partial charge on any atom is 0.276 e. The number of hydrogen-bond acceptors (Lipinski definition) is 4. The van der Waals surface area contributed by atoms with Crippen LogP contribution in [0.25, 0.3) is 17.1 Å². The number of amides is 1. The summed E-state index contributed by atoms with van der Waals surface area (Å²) >= 11 is 6.00. The molecular weight excluding hydrogens is 314 g/mol. The van der Waals surface area contributed by atoms with Crippen LogP contribution in [-0.4, -0.2) is 40.3 Å². The standard InChI is InChI=1S/C16H18ClN5O/c1-9(2)8-22(3)16-20-13(15(23)21-16)4-10-6-18-14-12(10)5-11(17)7-19-14/h4-7,9H,8H2,1-3H3,(H,18,19)(H,20,21,23). The summed E-state index contributed by atoms with van der Waals surface area (Å²) in [7, 11) is 1.91. The van der Waals surface area contributed by atoms with Crippen molar-refractivity contribution in [1.82, 2.24) is 20.2 Å². The lowest BCUT2D eigenvalue weighted by atomic mass is 10.2. The predicted molar refractivity (Wildman–Crippen MR) is 92.1 cm³/mol. The van der Waals surface area contributed by atoms with E-state index in [1.54, 1.807) is 18.5 Å². The smallest absolute Gasteiger partial charge is 0.276 e. The largest absolute Gasteiger partial charge is 0.346 e. The highest BCUT2D eigenvalue weighted by molar-refractivity contribution is 6.31. The quantitative estimate of drug-likeness (QED) is 0.849. The first-order valence-electron chi connectivity index (χ1n) is 7.39. The van der Waals surface area contributed by atoms with Gasteiger partial charge >= 0.3 is 0 Å². The Morgan fingerprint density at radius 2 is 2.22 bits per heavy atom. The van der Waals surface area contributed by atoms with Crippen molar-refractivity contribution in [2.45, 2.75) is 13.8 Å². The van der Waals surface area contributed by atoms with Crippen LogP contribution in [0.15, 0.2) is 29.1 Å². The molecule has 6 nitrogen and oxygen atoms in total. The molecular formula is C16H18ClN5O. The summed E-state index contributed by atoms with van der Waals surface area (Å²) in [5, 5.41) is 4.21. The fourth-order valence-electron chi connectivity index (χ4n) is 2.54. The first-order valence-corrected chi connectivity index (χ1v) is 7.77. The molecule has 1 aliphatic rings. The number of nitrogens with one attached hydrogen (secondary N) is 2. The van der Waals surface area contributed by atoms with Gasteiger partial charge in [-0.25, -0.2) is 9.98 Å². The number of rotatable bonds is 3. The Kier molecular flexibility index (Phi) is 4.09. The maximum absolute atomic E-state index is 12.1. The number of halogens is 1. The number of hydrogen-bond donors (Lipinski definition) is 2. The summed E-state index contributed by atoms with van der Waals surface area (Å²) in [6.07, 6.45) is 5.11. The van der Waals surface area contributed by atoms with Crippen LogP contribution in [0.4, 0.5) is 0 Å². The van der Waals surface area contributed by atoms with Crippen LogP contribution < -0.4 is 5.32 Å². The zero-order valence-corrected chi connectivity index (χ0v) is 14.0. The van der Waals surface area contributed by atoms with Crippen molar-refractivity contribution in [3.63, 3.8) is 0 Å². The van der Waals surface area contributed by atoms with Crippen molar-refractivity contribution in [2.24, 2.45) is 10.9 Å². The zero-order valence-electron chi connectivity index (χ0n) is 13.2. The Labute approximate surface area is 139 Å². The number of fused-ring (bicyclic) bond motifs is 1. The van der Waals surface area contributed by atoms with Crippen molar-refractivity contribution >= 4 is 40.6 Å². The molecule has 0 fully saturated rings. The van der Waals surface area contributed by atoms with Gasteiger partial charge in [0.15, 0.2) is 0 Å². The third-order valence-corrected chi connectivity index (χ3v) is 3.71. The van der Waals surface area contributed by atoms with E-state index in [1.165, 1.54) is 0 Å². The lowest BCUT2D eigenvalue weighted by Crippen LogP contribution is -2.39. The van der Waals surface area contributed by atoms with Crippen molar-refractivity contribution in [3.8, 4) is 0 Å². The molecule has 7 heteroatoms. The summed E-state index contributed by atoms with van der Waals surface area (Å²) < 4.78 is 0. The highest BCUT2D eigenvalue weighted by Gasteiger charge is 2.23. The van der Waals surface area contributed by atoms with E-state index >= 15 is 0 Å². The van der Waals surface area contributed by atoms with E-state index in [2.05, 4.69) is 34.1 Å². The van der Waals surface area contributed by atoms with Gasteiger partial charge in [-0.2, -0.15) is 0 Å². The van der Waals surface area contributed by atoms with Gasteiger partial charge in [0.1, 0.15) is 11.3 Å². The van der Waals surface area contributed by atoms with Crippen LogP contribution in [0.5, 0.6) is 0 Å². The summed E-state index contributed by atoms with van der Waals surface area (Å²) in [6.45, 7) is 5.06. The molecule has 0 spiro atoms. The topological polar surface area (TPSA) is 73.4 Å². The molecule has 0 aromatic carbocycles. The van der Waals surface area contributed by atoms with E-state index in [9.17, 15) is 4.79 Å². The monoisotopic (exact) mass is 331 g/mol. The van der Waals surface area contributed by atoms with E-state index in [4.69, 9.17) is 11.6 Å². The SMILES string of the molecule is CC(C)CN(C)C1=NC(=Cc2c[nH]c3ncc(Cl)cc23)C(=O)N1. The molecule has 2 aromatic heterocycles. The van der Waals surface area contributed by atoms with Gasteiger partial charge in [-0.15, -0.1) is 0 Å². The van der Waals surface area contributed by atoms with E-state index in [0.717, 1.165) is 23.1 Å². The van der Waals surface area contributed by atoms with E-state index < -0.39 is 0 Å². The lowest BCUT2D eigenvalue weighted by molar-refractivity contribution is -0.115. The van der Waals surface area contributed by atoms with E-state index in [1.807, 2.05) is 18.0 Å². The Bertz CT molecular complexity index is 821. The van der Waals surface area contributed by atoms with Crippen LogP contribution in [0.1, 0.15) is 19.4 Å². The van der Waals surface area contributed by atoms with Crippen LogP contribution in [0, 0.1) is 5.92 Å². The molecule has 3 rings (SSSR count). The number of H-pyrrole nitrogens is 1. The van der Waals surface area contributed by atoms with E-state index in [0.29, 0.717) is 22.6 Å². The molecule has 3 heterocycles. The van der Waals surface area contributed by atoms with Gasteiger partial charge < -0.3 is 9.88 Å². The molecule has 0 saturated carbocycles. The Morgan fingerprint density at radius 1 is 1.43 bits per heavy atom. The number of aromatic amines is 1. The molecule has 23 heavy (non-hydrogen) atoms. The highest BCUT2D eigenvalue weighted by Crippen LogP contribution is 2.23. The fourth-order valence-corrected chi connectivity index (χ4v) is 2.69. The van der Waals surface area contributed by atoms with Crippen molar-refractivity contribution in [1.29, 1.82) is 0 Å². The first-order chi connectivity index (χ1) is 10.9. The number of carbonyl (C=O) groups is 1. The van der Waals surface area contributed by atoms with Crippen molar-refractivity contribution in [2.75, 3.05) is 13.6 Å². The summed E-state index contributed by atoms with van der Waals surface area (Å²) in [6, 6.07) is 1.81. The molecule has 1 aliphatic heterocycles. The molecule has 2 N–H and O–H groups in total. The second-order valence-electron chi connectivity index (χ2n) is 5.99. The van der Waals surface area contributed by atoms with Gasteiger partial charge in [-0.3, -0.25) is 10.1 Å². The molecule has 0 aliphatic carbocycles. The average molecular weight is 332 g/mol. The molecule has 0 atom stereocenters. The maximum atomic E-state index is 12.1. The first kappa shape index (κ1) is 15.6. The Hall–Kier alpha value is -2.34. The molecule has 2 aromatic rings. The summed E-state index contributed by atoms with van der Waals surface area (Å²) in [4.78, 5) is 25.7. The van der Waals surface area contributed by atoms with Crippen molar-refractivity contribution in [3.05, 3.63) is 34.7 Å². The van der Waals surface area contributed by atoms with Gasteiger partial charge in [-0.1, -0.05) is 25.4 Å². The second-order valence-corrected chi connectivity index (χ2v) is 6.42. The molecule has 0 radical (unpaired) electrons. The molecule has 0 saturated heterocycles. The third kappa shape index (κ3) is 3.22. The lowest BCUT2D eigenvalue weighted by Gasteiger charge is -2.19. The minimum atomic E-state index is -0.208. The zero-order chi connectivity index (χ0) is 16.6. The molecule has 1 amide bonds. The Morgan fingerprint density at radius 3 is 2.96 bits per heavy atom. The number of pyridine rings is 1. The van der Waals surface area contributed by atoms with Gasteiger partial charge in [-0.05, 0) is 18.1 Å². The third-order valence-electron chi connectivity index (χ3n) is 3.51. The van der Waals surface area contributed by atoms with Gasteiger partial charge in [0.25, 0.3) is 5.91 Å². The summed E-state index contributed by atoms with van der Waals surface area (Å²) in [5.74, 6) is 0.848. The number of carbonyl (C=O) groups excluding carboxylic acids is 1. The molecule has 0 unspecified atom stereocenters. The van der Waals surface area contributed by atoms with Gasteiger partial charge in [0.05, 0.1) is 5.02 Å².